The number of hydrogen-bond acceptors (Lipinski definition) is 3. The van der Waals surface area contributed by atoms with Crippen molar-refractivity contribution in [2.45, 2.75) is 19.4 Å². The van der Waals surface area contributed by atoms with Crippen LogP contribution in [0.4, 0.5) is 4.79 Å². The Hall–Kier alpha value is -0.810. The molecule has 0 aromatic carbocycles. The smallest absolute Gasteiger partial charge is 0.273 e. The van der Waals surface area contributed by atoms with Crippen molar-refractivity contribution in [3.05, 3.63) is 0 Å². The second kappa shape index (κ2) is 3.73. The molecule has 0 N–H and O–H groups in total. The number of carbonyl (C=O) groups excluding carboxylic acids is 1. The quantitative estimate of drug-likeness (QED) is 0.616. The van der Waals surface area contributed by atoms with E-state index in [9.17, 15) is 4.79 Å². The van der Waals surface area contributed by atoms with Crippen LogP contribution in [0.5, 0.6) is 0 Å². The van der Waals surface area contributed by atoms with E-state index in [0.717, 1.165) is 6.42 Å². The molecule has 0 bridgehead atoms. The first-order chi connectivity index (χ1) is 5.70. The lowest BCUT2D eigenvalue weighted by atomic mass is 10.2. The molecule has 0 radical (unpaired) electrons. The first kappa shape index (κ1) is 9.28. The van der Waals surface area contributed by atoms with Gasteiger partial charge >= 0.3 is 6.03 Å². The van der Waals surface area contributed by atoms with Crippen molar-refractivity contribution in [3.63, 3.8) is 0 Å². The summed E-state index contributed by atoms with van der Waals surface area (Å²) >= 11 is 0. The minimum atomic E-state index is -0.237. The molecule has 1 saturated heterocycles. The highest BCUT2D eigenvalue weighted by Crippen LogP contribution is 2.15. The van der Waals surface area contributed by atoms with E-state index in [2.05, 4.69) is 0 Å². The number of carbonyl (C=O) groups is 1. The average Bonchev–Trinajstić information content (AvgIpc) is 2.06. The lowest BCUT2D eigenvalue weighted by Crippen LogP contribution is -2.52. The lowest BCUT2D eigenvalue weighted by molar-refractivity contribution is -0.191. The molecule has 1 aliphatic heterocycles. The van der Waals surface area contributed by atoms with Crippen molar-refractivity contribution in [3.8, 4) is 0 Å². The molecule has 0 aromatic rings. The maximum Gasteiger partial charge on any atom is 0.368 e. The highest BCUT2D eigenvalue weighted by molar-refractivity contribution is 5.73. The number of amides is 2. The molecular weight excluding hydrogens is 160 g/mol. The normalized spacial score (nSPS) is 24.9. The summed E-state index contributed by atoms with van der Waals surface area (Å²) in [6, 6.07) is -0.118. The Kier molecular flexibility index (Phi) is 2.88. The van der Waals surface area contributed by atoms with E-state index in [4.69, 9.17) is 9.68 Å². The van der Waals surface area contributed by atoms with Gasteiger partial charge < -0.3 is 0 Å². The molecule has 0 saturated carbocycles. The van der Waals surface area contributed by atoms with Crippen molar-refractivity contribution in [2.24, 2.45) is 0 Å². The van der Waals surface area contributed by atoms with E-state index in [0.29, 0.717) is 6.54 Å². The van der Waals surface area contributed by atoms with Gasteiger partial charge in [-0.05, 0) is 13.3 Å². The lowest BCUT2D eigenvalue weighted by Gasteiger charge is -2.36. The second-order valence-electron chi connectivity index (χ2n) is 2.71. The summed E-state index contributed by atoms with van der Waals surface area (Å²) in [5.41, 5.74) is 0. The van der Waals surface area contributed by atoms with Crippen LogP contribution in [0.1, 0.15) is 13.3 Å². The minimum Gasteiger partial charge on any atom is -0.273 e. The van der Waals surface area contributed by atoms with Crippen LogP contribution in [0.3, 0.4) is 0 Å². The van der Waals surface area contributed by atoms with E-state index in [1.54, 1.807) is 0 Å². The van der Waals surface area contributed by atoms with Crippen LogP contribution in [-0.2, 0) is 9.68 Å². The highest BCUT2D eigenvalue weighted by Gasteiger charge is 2.31. The first-order valence-electron chi connectivity index (χ1n) is 3.89. The Bertz CT molecular complexity index is 174. The molecule has 1 heterocycles. The molecule has 0 aromatic heterocycles. The monoisotopic (exact) mass is 174 g/mol. The molecule has 70 valence electrons. The fourth-order valence-corrected chi connectivity index (χ4v) is 1.24. The number of urea groups is 1. The summed E-state index contributed by atoms with van der Waals surface area (Å²) in [5, 5.41) is 2.59. The summed E-state index contributed by atoms with van der Waals surface area (Å²) in [6.45, 7) is 2.56. The molecular formula is C7H14N2O3. The Morgan fingerprint density at radius 2 is 2.08 bits per heavy atom. The summed E-state index contributed by atoms with van der Waals surface area (Å²) in [7, 11) is 2.95. The van der Waals surface area contributed by atoms with Crippen molar-refractivity contribution >= 4 is 6.03 Å². The van der Waals surface area contributed by atoms with Gasteiger partial charge in [-0.15, -0.1) is 0 Å². The van der Waals surface area contributed by atoms with Gasteiger partial charge in [-0.2, -0.15) is 5.06 Å². The molecule has 12 heavy (non-hydrogen) atoms. The standard InChI is InChI=1S/C7H14N2O3/c1-6-4-5-8(11-2)7(10)9(6)12-3/h6H,4-5H2,1-3H3. The van der Waals surface area contributed by atoms with Gasteiger partial charge in [0.25, 0.3) is 0 Å². The molecule has 1 rings (SSSR count). The molecule has 5 heteroatoms. The van der Waals surface area contributed by atoms with Gasteiger partial charge in [-0.25, -0.2) is 9.86 Å². The number of hydroxylamine groups is 4. The zero-order valence-corrected chi connectivity index (χ0v) is 7.61. The molecule has 2 amide bonds. The second-order valence-corrected chi connectivity index (χ2v) is 2.71. The SMILES string of the molecule is CON1CCC(C)N(OC)C1=O. The van der Waals surface area contributed by atoms with Gasteiger partial charge in [0.1, 0.15) is 0 Å². The van der Waals surface area contributed by atoms with Gasteiger partial charge in [-0.1, -0.05) is 0 Å². The fourth-order valence-electron chi connectivity index (χ4n) is 1.24. The van der Waals surface area contributed by atoms with Crippen LogP contribution in [0, 0.1) is 0 Å². The summed E-state index contributed by atoms with van der Waals surface area (Å²) in [4.78, 5) is 21.2. The van der Waals surface area contributed by atoms with Gasteiger partial charge in [0.2, 0.25) is 0 Å². The van der Waals surface area contributed by atoms with Gasteiger partial charge in [0.15, 0.2) is 0 Å². The first-order valence-corrected chi connectivity index (χ1v) is 3.89. The third kappa shape index (κ3) is 1.51. The van der Waals surface area contributed by atoms with Crippen molar-refractivity contribution in [2.75, 3.05) is 20.8 Å². The molecule has 5 nitrogen and oxygen atoms in total. The maximum absolute atomic E-state index is 11.4. The minimum absolute atomic E-state index is 0.119. The number of nitrogens with zero attached hydrogens (tertiary/aromatic N) is 2. The van der Waals surface area contributed by atoms with E-state index in [1.807, 2.05) is 6.92 Å². The van der Waals surface area contributed by atoms with Crippen LogP contribution in [0.25, 0.3) is 0 Å². The van der Waals surface area contributed by atoms with Crippen LogP contribution in [0.15, 0.2) is 0 Å². The summed E-state index contributed by atoms with van der Waals surface area (Å²) in [6.07, 6.45) is 0.855. The molecule has 0 spiro atoms. The Labute approximate surface area is 71.7 Å². The summed E-state index contributed by atoms with van der Waals surface area (Å²) in [5.74, 6) is 0. The molecule has 1 aliphatic rings. The van der Waals surface area contributed by atoms with Crippen molar-refractivity contribution in [1.82, 2.24) is 10.1 Å². The number of rotatable bonds is 2. The van der Waals surface area contributed by atoms with E-state index in [1.165, 1.54) is 24.3 Å². The largest absolute Gasteiger partial charge is 0.368 e. The Balaban J connectivity index is 2.63. The average molecular weight is 174 g/mol. The Morgan fingerprint density at radius 3 is 2.58 bits per heavy atom. The van der Waals surface area contributed by atoms with Gasteiger partial charge in [0, 0.05) is 0 Å². The van der Waals surface area contributed by atoms with Crippen LogP contribution < -0.4 is 0 Å². The van der Waals surface area contributed by atoms with Crippen molar-refractivity contribution < 1.29 is 14.5 Å². The molecule has 0 aliphatic carbocycles. The van der Waals surface area contributed by atoms with Gasteiger partial charge in [-0.3, -0.25) is 9.68 Å². The molecule has 1 unspecified atom stereocenters. The van der Waals surface area contributed by atoms with E-state index >= 15 is 0 Å². The summed E-state index contributed by atoms with van der Waals surface area (Å²) < 4.78 is 0. The van der Waals surface area contributed by atoms with Crippen LogP contribution in [0.2, 0.25) is 0 Å². The zero-order chi connectivity index (χ0) is 9.14. The predicted octanol–water partition coefficient (Wildman–Crippen LogP) is 0.625. The third-order valence-electron chi connectivity index (χ3n) is 1.97. The van der Waals surface area contributed by atoms with E-state index in [-0.39, 0.29) is 12.1 Å². The topological polar surface area (TPSA) is 42.0 Å². The van der Waals surface area contributed by atoms with Crippen molar-refractivity contribution in [1.29, 1.82) is 0 Å². The third-order valence-corrected chi connectivity index (χ3v) is 1.97. The molecule has 1 atom stereocenters. The fraction of sp³-hybridized carbons (Fsp3) is 0.857. The van der Waals surface area contributed by atoms with Gasteiger partial charge in [0.05, 0.1) is 26.8 Å². The number of hydrogen-bond donors (Lipinski definition) is 0. The highest BCUT2D eigenvalue weighted by atomic mass is 16.7. The zero-order valence-electron chi connectivity index (χ0n) is 7.61. The van der Waals surface area contributed by atoms with Crippen LogP contribution in [-0.4, -0.2) is 43.0 Å². The van der Waals surface area contributed by atoms with E-state index < -0.39 is 0 Å². The predicted molar refractivity (Wildman–Crippen MR) is 42.0 cm³/mol. The maximum atomic E-state index is 11.4. The molecule has 1 fully saturated rings. The Morgan fingerprint density at radius 1 is 1.42 bits per heavy atom. The van der Waals surface area contributed by atoms with Crippen LogP contribution >= 0.6 is 0 Å².